The molecule has 2 N–H and O–H groups in total. The topological polar surface area (TPSA) is 75.4 Å². The monoisotopic (exact) mass is 250 g/mol. The molecule has 2 rings (SSSR count). The molecular formula is C13H18N2O3. The van der Waals surface area contributed by atoms with Crippen molar-refractivity contribution in [1.29, 1.82) is 0 Å². The van der Waals surface area contributed by atoms with Crippen molar-refractivity contribution in [3.63, 3.8) is 0 Å². The molecule has 0 bridgehead atoms. The number of nitrogens with zero attached hydrogens (tertiary/aromatic N) is 1. The molecule has 5 nitrogen and oxygen atoms in total. The third-order valence-corrected chi connectivity index (χ3v) is 3.63. The number of anilines is 1. The lowest BCUT2D eigenvalue weighted by molar-refractivity contribution is -0.385. The third-order valence-electron chi connectivity index (χ3n) is 3.63. The summed E-state index contributed by atoms with van der Waals surface area (Å²) in [6, 6.07) is 4.96. The summed E-state index contributed by atoms with van der Waals surface area (Å²) in [5.74, 6) is 0.484. The number of rotatable bonds is 5. The van der Waals surface area contributed by atoms with E-state index in [1.54, 1.807) is 19.1 Å². The van der Waals surface area contributed by atoms with Gasteiger partial charge in [-0.05, 0) is 44.7 Å². The molecule has 5 heteroatoms. The lowest BCUT2D eigenvalue weighted by Crippen LogP contribution is -2.41. The van der Waals surface area contributed by atoms with Gasteiger partial charge in [0.25, 0.3) is 5.69 Å². The highest BCUT2D eigenvalue weighted by molar-refractivity contribution is 5.55. The predicted molar refractivity (Wildman–Crippen MR) is 69.7 cm³/mol. The Morgan fingerprint density at radius 1 is 1.56 bits per heavy atom. The van der Waals surface area contributed by atoms with Gasteiger partial charge in [-0.2, -0.15) is 0 Å². The highest BCUT2D eigenvalue weighted by Crippen LogP contribution is 2.41. The Bertz CT molecular complexity index is 471. The average Bonchev–Trinajstić information content (AvgIpc) is 3.12. The van der Waals surface area contributed by atoms with Crippen molar-refractivity contribution in [3.8, 4) is 0 Å². The van der Waals surface area contributed by atoms with Gasteiger partial charge in [-0.15, -0.1) is 0 Å². The number of hydrogen-bond acceptors (Lipinski definition) is 4. The quantitative estimate of drug-likeness (QED) is 0.621. The maximum absolute atomic E-state index is 10.7. The molecular weight excluding hydrogens is 232 g/mol. The van der Waals surface area contributed by atoms with Crippen LogP contribution in [0.3, 0.4) is 0 Å². The van der Waals surface area contributed by atoms with E-state index in [4.69, 9.17) is 0 Å². The Kier molecular flexibility index (Phi) is 3.26. The third kappa shape index (κ3) is 2.46. The van der Waals surface area contributed by atoms with E-state index in [-0.39, 0.29) is 22.8 Å². The van der Waals surface area contributed by atoms with Crippen LogP contribution in [0, 0.1) is 23.0 Å². The molecule has 0 heterocycles. The second kappa shape index (κ2) is 4.57. The number of nitrogens with one attached hydrogen (secondary N) is 1. The minimum absolute atomic E-state index is 0.0632. The van der Waals surface area contributed by atoms with Crippen molar-refractivity contribution in [1.82, 2.24) is 0 Å². The van der Waals surface area contributed by atoms with Gasteiger partial charge in [0.2, 0.25) is 0 Å². The number of nitro benzene ring substituents is 1. The molecule has 1 unspecified atom stereocenters. The molecule has 0 radical (unpaired) electrons. The van der Waals surface area contributed by atoms with Gasteiger partial charge in [0, 0.05) is 17.3 Å². The molecule has 1 fully saturated rings. The fraction of sp³-hybridized carbons (Fsp3) is 0.538. The first-order valence-corrected chi connectivity index (χ1v) is 6.10. The van der Waals surface area contributed by atoms with E-state index in [0.29, 0.717) is 11.5 Å². The zero-order valence-corrected chi connectivity index (χ0v) is 10.6. The van der Waals surface area contributed by atoms with E-state index in [1.807, 2.05) is 6.92 Å². The van der Waals surface area contributed by atoms with Crippen molar-refractivity contribution >= 4 is 11.4 Å². The second-order valence-corrected chi connectivity index (χ2v) is 5.23. The van der Waals surface area contributed by atoms with E-state index < -0.39 is 0 Å². The van der Waals surface area contributed by atoms with Gasteiger partial charge in [-0.3, -0.25) is 10.1 Å². The second-order valence-electron chi connectivity index (χ2n) is 5.23. The normalized spacial score (nSPS) is 18.2. The van der Waals surface area contributed by atoms with Gasteiger partial charge >= 0.3 is 0 Å². The summed E-state index contributed by atoms with van der Waals surface area (Å²) < 4.78 is 0. The van der Waals surface area contributed by atoms with E-state index in [0.717, 1.165) is 18.5 Å². The minimum atomic E-state index is -0.384. The lowest BCUT2D eigenvalue weighted by Gasteiger charge is -2.30. The highest BCUT2D eigenvalue weighted by Gasteiger charge is 2.41. The molecule has 0 saturated heterocycles. The molecule has 0 aliphatic heterocycles. The van der Waals surface area contributed by atoms with Gasteiger partial charge in [0.05, 0.1) is 17.1 Å². The summed E-state index contributed by atoms with van der Waals surface area (Å²) in [5.41, 5.74) is 1.24. The predicted octanol–water partition coefficient (Wildman–Crippen LogP) is 2.48. The first-order chi connectivity index (χ1) is 8.46. The molecule has 1 aliphatic rings. The van der Waals surface area contributed by atoms with Crippen LogP contribution >= 0.6 is 0 Å². The van der Waals surface area contributed by atoms with Gasteiger partial charge < -0.3 is 10.4 Å². The molecule has 1 aromatic carbocycles. The molecule has 0 aromatic heterocycles. The van der Waals surface area contributed by atoms with Crippen molar-refractivity contribution in [2.45, 2.75) is 32.2 Å². The largest absolute Gasteiger partial charge is 0.394 e. The zero-order valence-electron chi connectivity index (χ0n) is 10.6. The number of aryl methyl sites for hydroxylation is 1. The minimum Gasteiger partial charge on any atom is -0.394 e. The Morgan fingerprint density at radius 2 is 2.22 bits per heavy atom. The van der Waals surface area contributed by atoms with Crippen molar-refractivity contribution in [2.75, 3.05) is 11.9 Å². The number of benzene rings is 1. The first kappa shape index (κ1) is 12.8. The van der Waals surface area contributed by atoms with Crippen LogP contribution in [-0.4, -0.2) is 22.2 Å². The number of hydrogen-bond donors (Lipinski definition) is 2. The van der Waals surface area contributed by atoms with Crippen molar-refractivity contribution in [3.05, 3.63) is 33.9 Å². The maximum atomic E-state index is 10.7. The van der Waals surface area contributed by atoms with Crippen LogP contribution < -0.4 is 5.32 Å². The van der Waals surface area contributed by atoms with E-state index in [2.05, 4.69) is 5.32 Å². The van der Waals surface area contributed by atoms with Crippen LogP contribution in [0.15, 0.2) is 18.2 Å². The van der Waals surface area contributed by atoms with Gasteiger partial charge in [0.1, 0.15) is 0 Å². The van der Waals surface area contributed by atoms with Crippen LogP contribution in [0.25, 0.3) is 0 Å². The molecule has 1 aliphatic carbocycles. The Hall–Kier alpha value is -1.62. The number of aliphatic hydroxyl groups is 1. The lowest BCUT2D eigenvalue weighted by atomic mass is 9.96. The average molecular weight is 250 g/mol. The summed E-state index contributed by atoms with van der Waals surface area (Å²) in [6.45, 7) is 3.77. The first-order valence-electron chi connectivity index (χ1n) is 6.10. The van der Waals surface area contributed by atoms with Crippen LogP contribution in [0.1, 0.15) is 25.3 Å². The van der Waals surface area contributed by atoms with E-state index in [1.165, 1.54) is 6.07 Å². The van der Waals surface area contributed by atoms with Gasteiger partial charge in [-0.1, -0.05) is 0 Å². The van der Waals surface area contributed by atoms with E-state index >= 15 is 0 Å². The molecule has 0 amide bonds. The van der Waals surface area contributed by atoms with Gasteiger partial charge in [-0.25, -0.2) is 0 Å². The fourth-order valence-corrected chi connectivity index (χ4v) is 2.26. The van der Waals surface area contributed by atoms with E-state index in [9.17, 15) is 15.2 Å². The SMILES string of the molecule is Cc1cc(NC(C)(CO)C2CC2)ccc1[N+](=O)[O-]. The zero-order chi connectivity index (χ0) is 13.3. The van der Waals surface area contributed by atoms with Gasteiger partial charge in [0.15, 0.2) is 0 Å². The van der Waals surface area contributed by atoms with Crippen LogP contribution in [0.5, 0.6) is 0 Å². The molecule has 18 heavy (non-hydrogen) atoms. The maximum Gasteiger partial charge on any atom is 0.272 e. The van der Waals surface area contributed by atoms with Crippen molar-refractivity contribution < 1.29 is 10.0 Å². The summed E-state index contributed by atoms with van der Waals surface area (Å²) in [7, 11) is 0. The van der Waals surface area contributed by atoms with Crippen LogP contribution in [0.4, 0.5) is 11.4 Å². The summed E-state index contributed by atoms with van der Waals surface area (Å²) in [6.07, 6.45) is 2.24. The molecule has 1 atom stereocenters. The summed E-state index contributed by atoms with van der Waals surface area (Å²) in [5, 5.41) is 23.5. The molecule has 1 aromatic rings. The van der Waals surface area contributed by atoms with Crippen molar-refractivity contribution in [2.24, 2.45) is 5.92 Å². The molecule has 98 valence electrons. The number of nitro groups is 1. The fourth-order valence-electron chi connectivity index (χ4n) is 2.26. The summed E-state index contributed by atoms with van der Waals surface area (Å²) in [4.78, 5) is 10.4. The van der Waals surface area contributed by atoms with Crippen LogP contribution in [-0.2, 0) is 0 Å². The standard InChI is InChI=1S/C13H18N2O3/c1-9-7-11(5-6-12(9)15(17)18)14-13(2,8-16)10-3-4-10/h5-7,10,14,16H,3-4,8H2,1-2H3. The summed E-state index contributed by atoms with van der Waals surface area (Å²) >= 11 is 0. The Labute approximate surface area is 106 Å². The molecule has 1 saturated carbocycles. The highest BCUT2D eigenvalue weighted by atomic mass is 16.6. The smallest absolute Gasteiger partial charge is 0.272 e. The Balaban J connectivity index is 2.19. The Morgan fingerprint density at radius 3 is 2.67 bits per heavy atom. The van der Waals surface area contributed by atoms with Crippen LogP contribution in [0.2, 0.25) is 0 Å². The molecule has 0 spiro atoms. The number of aliphatic hydroxyl groups excluding tert-OH is 1.